The second kappa shape index (κ2) is 4.86. The highest BCUT2D eigenvalue weighted by atomic mass is 35.5. The molecule has 84 valence electrons. The summed E-state index contributed by atoms with van der Waals surface area (Å²) >= 11 is 6.03. The van der Waals surface area contributed by atoms with Crippen LogP contribution in [0.25, 0.3) is 0 Å². The van der Waals surface area contributed by atoms with Crippen molar-refractivity contribution in [3.63, 3.8) is 0 Å². The van der Waals surface area contributed by atoms with E-state index >= 15 is 0 Å². The van der Waals surface area contributed by atoms with Gasteiger partial charge in [0, 0.05) is 10.7 Å². The van der Waals surface area contributed by atoms with Gasteiger partial charge in [0.25, 0.3) is 0 Å². The Morgan fingerprint density at radius 2 is 2.12 bits per heavy atom. The van der Waals surface area contributed by atoms with E-state index < -0.39 is 0 Å². The van der Waals surface area contributed by atoms with E-state index in [2.05, 4.69) is 10.3 Å². The molecule has 4 heteroatoms. The molecule has 0 saturated carbocycles. The fourth-order valence-electron chi connectivity index (χ4n) is 1.43. The summed E-state index contributed by atoms with van der Waals surface area (Å²) in [7, 11) is 0. The second-order valence-electron chi connectivity index (χ2n) is 3.58. The standard InChI is InChI=1S/C13H10ClN3/c1-9-12(14)3-2-4-13(9)17-11-6-5-10(7-15)16-8-11/h2-6,8,17H,1H3. The van der Waals surface area contributed by atoms with Crippen molar-refractivity contribution in [2.75, 3.05) is 5.32 Å². The van der Waals surface area contributed by atoms with E-state index in [0.717, 1.165) is 22.0 Å². The highest BCUT2D eigenvalue weighted by molar-refractivity contribution is 6.31. The minimum atomic E-state index is 0.401. The van der Waals surface area contributed by atoms with Crippen LogP contribution in [0.3, 0.4) is 0 Å². The van der Waals surface area contributed by atoms with Gasteiger partial charge in [-0.15, -0.1) is 0 Å². The lowest BCUT2D eigenvalue weighted by Crippen LogP contribution is -1.94. The van der Waals surface area contributed by atoms with Gasteiger partial charge in [0.2, 0.25) is 0 Å². The van der Waals surface area contributed by atoms with Gasteiger partial charge in [0.15, 0.2) is 0 Å². The number of aromatic nitrogens is 1. The molecule has 0 aliphatic rings. The summed E-state index contributed by atoms with van der Waals surface area (Å²) in [4.78, 5) is 3.99. The smallest absolute Gasteiger partial charge is 0.140 e. The molecule has 0 unspecified atom stereocenters. The van der Waals surface area contributed by atoms with Crippen molar-refractivity contribution in [2.45, 2.75) is 6.92 Å². The lowest BCUT2D eigenvalue weighted by molar-refractivity contribution is 1.26. The monoisotopic (exact) mass is 243 g/mol. The van der Waals surface area contributed by atoms with Crippen LogP contribution in [-0.2, 0) is 0 Å². The average Bonchev–Trinajstić information content (AvgIpc) is 2.36. The molecule has 1 aromatic carbocycles. The van der Waals surface area contributed by atoms with Crippen LogP contribution in [0.2, 0.25) is 5.02 Å². The summed E-state index contributed by atoms with van der Waals surface area (Å²) in [6.45, 7) is 1.95. The molecule has 0 fully saturated rings. The Bertz CT molecular complexity index is 570. The van der Waals surface area contributed by atoms with E-state index in [1.807, 2.05) is 37.3 Å². The first kappa shape index (κ1) is 11.4. The summed E-state index contributed by atoms with van der Waals surface area (Å²) < 4.78 is 0. The third-order valence-corrected chi connectivity index (χ3v) is 2.83. The first-order valence-electron chi connectivity index (χ1n) is 5.09. The first-order valence-corrected chi connectivity index (χ1v) is 5.47. The number of pyridine rings is 1. The zero-order valence-corrected chi connectivity index (χ0v) is 9.99. The third-order valence-electron chi connectivity index (χ3n) is 2.42. The number of rotatable bonds is 2. The normalized spacial score (nSPS) is 9.71. The molecule has 1 heterocycles. The number of hydrogen-bond acceptors (Lipinski definition) is 3. The first-order chi connectivity index (χ1) is 8.20. The summed E-state index contributed by atoms with van der Waals surface area (Å²) in [6, 6.07) is 11.1. The number of benzene rings is 1. The van der Waals surface area contributed by atoms with Crippen molar-refractivity contribution >= 4 is 23.0 Å². The maximum Gasteiger partial charge on any atom is 0.140 e. The largest absolute Gasteiger partial charge is 0.354 e. The molecule has 0 aliphatic carbocycles. The van der Waals surface area contributed by atoms with Crippen LogP contribution in [0, 0.1) is 18.3 Å². The number of nitriles is 1. The number of hydrogen-bond donors (Lipinski definition) is 1. The molecule has 2 aromatic rings. The topological polar surface area (TPSA) is 48.7 Å². The van der Waals surface area contributed by atoms with Crippen LogP contribution in [0.5, 0.6) is 0 Å². The van der Waals surface area contributed by atoms with Gasteiger partial charge in [-0.2, -0.15) is 5.26 Å². The third kappa shape index (κ3) is 2.55. The van der Waals surface area contributed by atoms with Crippen LogP contribution in [0.1, 0.15) is 11.3 Å². The SMILES string of the molecule is Cc1c(Cl)cccc1Nc1ccc(C#N)nc1. The maximum atomic E-state index is 8.65. The van der Waals surface area contributed by atoms with Gasteiger partial charge in [-0.25, -0.2) is 4.98 Å². The Morgan fingerprint density at radius 3 is 2.76 bits per heavy atom. The average molecular weight is 244 g/mol. The van der Waals surface area contributed by atoms with Gasteiger partial charge in [0.05, 0.1) is 11.9 Å². The van der Waals surface area contributed by atoms with Gasteiger partial charge < -0.3 is 5.32 Å². The molecule has 1 aromatic heterocycles. The molecule has 0 atom stereocenters. The van der Waals surface area contributed by atoms with Crippen molar-refractivity contribution < 1.29 is 0 Å². The molecule has 2 rings (SSSR count). The molecule has 0 aliphatic heterocycles. The number of halogens is 1. The molecular formula is C13H10ClN3. The van der Waals surface area contributed by atoms with Crippen LogP contribution < -0.4 is 5.32 Å². The lowest BCUT2D eigenvalue weighted by Gasteiger charge is -2.10. The van der Waals surface area contributed by atoms with Crippen LogP contribution in [0.4, 0.5) is 11.4 Å². The number of nitrogens with one attached hydrogen (secondary N) is 1. The Hall–Kier alpha value is -2.05. The summed E-state index contributed by atoms with van der Waals surface area (Å²) in [5.74, 6) is 0. The Balaban J connectivity index is 2.26. The zero-order chi connectivity index (χ0) is 12.3. The van der Waals surface area contributed by atoms with Crippen molar-refractivity contribution in [1.82, 2.24) is 4.98 Å². The van der Waals surface area contributed by atoms with E-state index in [9.17, 15) is 0 Å². The Kier molecular flexibility index (Phi) is 3.27. The second-order valence-corrected chi connectivity index (χ2v) is 3.99. The van der Waals surface area contributed by atoms with Gasteiger partial charge in [-0.05, 0) is 36.8 Å². The van der Waals surface area contributed by atoms with Gasteiger partial charge in [-0.1, -0.05) is 17.7 Å². The maximum absolute atomic E-state index is 8.65. The molecular weight excluding hydrogens is 234 g/mol. The predicted octanol–water partition coefficient (Wildman–Crippen LogP) is 3.66. The molecule has 3 nitrogen and oxygen atoms in total. The summed E-state index contributed by atoms with van der Waals surface area (Å²) in [5, 5.41) is 12.6. The van der Waals surface area contributed by atoms with Crippen molar-refractivity contribution in [3.05, 3.63) is 52.8 Å². The van der Waals surface area contributed by atoms with E-state index in [1.54, 1.807) is 12.3 Å². The zero-order valence-electron chi connectivity index (χ0n) is 9.24. The van der Waals surface area contributed by atoms with Crippen LogP contribution >= 0.6 is 11.6 Å². The lowest BCUT2D eigenvalue weighted by atomic mass is 10.2. The van der Waals surface area contributed by atoms with E-state index in [0.29, 0.717) is 5.69 Å². The summed E-state index contributed by atoms with van der Waals surface area (Å²) in [5.41, 5.74) is 3.15. The number of anilines is 2. The molecule has 0 amide bonds. The highest BCUT2D eigenvalue weighted by Crippen LogP contribution is 2.25. The van der Waals surface area contributed by atoms with E-state index in [-0.39, 0.29) is 0 Å². The van der Waals surface area contributed by atoms with Crippen LogP contribution in [-0.4, -0.2) is 4.98 Å². The van der Waals surface area contributed by atoms with Crippen molar-refractivity contribution in [2.24, 2.45) is 0 Å². The van der Waals surface area contributed by atoms with Gasteiger partial charge in [-0.3, -0.25) is 0 Å². The number of nitrogens with zero attached hydrogens (tertiary/aromatic N) is 2. The molecule has 0 radical (unpaired) electrons. The quantitative estimate of drug-likeness (QED) is 0.876. The summed E-state index contributed by atoms with van der Waals surface area (Å²) in [6.07, 6.45) is 1.62. The fourth-order valence-corrected chi connectivity index (χ4v) is 1.61. The van der Waals surface area contributed by atoms with Gasteiger partial charge in [0.1, 0.15) is 11.8 Å². The van der Waals surface area contributed by atoms with Crippen molar-refractivity contribution in [1.29, 1.82) is 5.26 Å². The van der Waals surface area contributed by atoms with Crippen LogP contribution in [0.15, 0.2) is 36.5 Å². The van der Waals surface area contributed by atoms with E-state index in [1.165, 1.54) is 0 Å². The van der Waals surface area contributed by atoms with Crippen molar-refractivity contribution in [3.8, 4) is 6.07 Å². The minimum Gasteiger partial charge on any atom is -0.354 e. The predicted molar refractivity (Wildman–Crippen MR) is 68.4 cm³/mol. The molecule has 0 bridgehead atoms. The Morgan fingerprint density at radius 1 is 1.29 bits per heavy atom. The molecule has 0 saturated heterocycles. The molecule has 17 heavy (non-hydrogen) atoms. The molecule has 0 spiro atoms. The molecule has 1 N–H and O–H groups in total. The minimum absolute atomic E-state index is 0.401. The van der Waals surface area contributed by atoms with E-state index in [4.69, 9.17) is 16.9 Å². The highest BCUT2D eigenvalue weighted by Gasteiger charge is 2.02. The van der Waals surface area contributed by atoms with Gasteiger partial charge >= 0.3 is 0 Å². The Labute approximate surface area is 105 Å². The fraction of sp³-hybridized carbons (Fsp3) is 0.0769.